The Hall–Kier alpha value is -1.79. The largest absolute Gasteiger partial charge is 0.351 e. The number of para-hydroxylation sites is 1. The van der Waals surface area contributed by atoms with Crippen LogP contribution < -0.4 is 10.2 Å². The van der Waals surface area contributed by atoms with Crippen molar-refractivity contribution in [3.63, 3.8) is 0 Å². The molecule has 0 spiro atoms. The molecule has 1 aromatic heterocycles. The first kappa shape index (κ1) is 17.0. The molecular weight excluding hydrogens is 340 g/mol. The molecule has 1 aliphatic rings. The van der Waals surface area contributed by atoms with Crippen molar-refractivity contribution in [3.8, 4) is 0 Å². The Morgan fingerprint density at radius 1 is 1.21 bits per heavy atom. The standard InChI is InChI=1S/C18H20N2O2S2/c1-13-12-20(15-6-2-3-7-16(15)24-13)18(22)9-8-17(21)19-11-14-5-4-10-23-14/h2-7,10,13H,8-9,11-12H2,1H3,(H,19,21). The normalized spacial score (nSPS) is 16.5. The Morgan fingerprint density at radius 2 is 2.04 bits per heavy atom. The van der Waals surface area contributed by atoms with Gasteiger partial charge in [0.2, 0.25) is 11.8 Å². The van der Waals surface area contributed by atoms with Crippen LogP contribution in [0, 0.1) is 0 Å². The molecule has 0 saturated heterocycles. The third-order valence-corrected chi connectivity index (χ3v) is 5.86. The number of hydrogen-bond acceptors (Lipinski definition) is 4. The Morgan fingerprint density at radius 3 is 2.83 bits per heavy atom. The van der Waals surface area contributed by atoms with Crippen LogP contribution >= 0.6 is 23.1 Å². The Labute approximate surface area is 150 Å². The minimum atomic E-state index is -0.0792. The smallest absolute Gasteiger partial charge is 0.227 e. The van der Waals surface area contributed by atoms with Crippen LogP contribution in [0.3, 0.4) is 0 Å². The molecule has 2 amide bonds. The zero-order valence-corrected chi connectivity index (χ0v) is 15.2. The van der Waals surface area contributed by atoms with Gasteiger partial charge in [0.1, 0.15) is 0 Å². The van der Waals surface area contributed by atoms with Gasteiger partial charge in [-0.2, -0.15) is 0 Å². The second kappa shape index (κ2) is 7.85. The summed E-state index contributed by atoms with van der Waals surface area (Å²) in [5.74, 6) is -0.0645. The van der Waals surface area contributed by atoms with E-state index in [0.717, 1.165) is 15.5 Å². The van der Waals surface area contributed by atoms with Gasteiger partial charge in [0.25, 0.3) is 0 Å². The first-order chi connectivity index (χ1) is 11.6. The monoisotopic (exact) mass is 360 g/mol. The van der Waals surface area contributed by atoms with Crippen molar-refractivity contribution in [2.45, 2.75) is 36.5 Å². The minimum absolute atomic E-state index is 0.0147. The zero-order valence-electron chi connectivity index (χ0n) is 13.5. The van der Waals surface area contributed by atoms with Gasteiger partial charge in [0.05, 0.1) is 12.2 Å². The molecule has 2 aromatic rings. The second-order valence-corrected chi connectivity index (χ2v) is 8.27. The molecule has 3 rings (SSSR count). The number of nitrogens with one attached hydrogen (secondary N) is 1. The third-order valence-electron chi connectivity index (χ3n) is 3.83. The molecule has 1 unspecified atom stereocenters. The van der Waals surface area contributed by atoms with Crippen LogP contribution in [0.25, 0.3) is 0 Å². The van der Waals surface area contributed by atoms with E-state index in [2.05, 4.69) is 12.2 Å². The average molecular weight is 361 g/mol. The molecule has 0 bridgehead atoms. The summed E-state index contributed by atoms with van der Waals surface area (Å²) in [6.07, 6.45) is 0.465. The number of carbonyl (C=O) groups is 2. The summed E-state index contributed by atoms with van der Waals surface area (Å²) in [6, 6.07) is 11.9. The van der Waals surface area contributed by atoms with E-state index in [9.17, 15) is 9.59 Å². The lowest BCUT2D eigenvalue weighted by Gasteiger charge is -2.32. The lowest BCUT2D eigenvalue weighted by atomic mass is 10.2. The van der Waals surface area contributed by atoms with E-state index >= 15 is 0 Å². The van der Waals surface area contributed by atoms with Gasteiger partial charge >= 0.3 is 0 Å². The van der Waals surface area contributed by atoms with Crippen LogP contribution in [0.15, 0.2) is 46.7 Å². The van der Waals surface area contributed by atoms with E-state index in [4.69, 9.17) is 0 Å². The van der Waals surface area contributed by atoms with Crippen molar-refractivity contribution in [2.24, 2.45) is 0 Å². The molecule has 0 fully saturated rings. The summed E-state index contributed by atoms with van der Waals surface area (Å²) >= 11 is 3.40. The molecule has 24 heavy (non-hydrogen) atoms. The lowest BCUT2D eigenvalue weighted by molar-refractivity contribution is -0.125. The predicted molar refractivity (Wildman–Crippen MR) is 99.5 cm³/mol. The molecule has 4 nitrogen and oxygen atoms in total. The number of amides is 2. The van der Waals surface area contributed by atoms with Gasteiger partial charge in [0, 0.05) is 34.4 Å². The summed E-state index contributed by atoms with van der Waals surface area (Å²) in [7, 11) is 0. The summed E-state index contributed by atoms with van der Waals surface area (Å²) in [6.45, 7) is 3.34. The highest BCUT2D eigenvalue weighted by atomic mass is 32.2. The van der Waals surface area contributed by atoms with E-state index in [-0.39, 0.29) is 24.7 Å². The van der Waals surface area contributed by atoms with Gasteiger partial charge in [-0.15, -0.1) is 23.1 Å². The number of thiophene rings is 1. The molecule has 126 valence electrons. The Kier molecular flexibility index (Phi) is 5.58. The number of nitrogens with zero attached hydrogens (tertiary/aromatic N) is 1. The Bertz CT molecular complexity index is 716. The SMILES string of the molecule is CC1CN(C(=O)CCC(=O)NCc2cccs2)c2ccccc2S1. The van der Waals surface area contributed by atoms with Crippen LogP contribution in [0.2, 0.25) is 0 Å². The zero-order chi connectivity index (χ0) is 16.9. The number of anilines is 1. The first-order valence-electron chi connectivity index (χ1n) is 7.98. The Balaban J connectivity index is 1.54. The van der Waals surface area contributed by atoms with Gasteiger partial charge in [-0.3, -0.25) is 9.59 Å². The maximum absolute atomic E-state index is 12.6. The first-order valence-corrected chi connectivity index (χ1v) is 9.74. The van der Waals surface area contributed by atoms with Crippen molar-refractivity contribution < 1.29 is 9.59 Å². The van der Waals surface area contributed by atoms with Crippen molar-refractivity contribution in [1.29, 1.82) is 0 Å². The minimum Gasteiger partial charge on any atom is -0.351 e. The topological polar surface area (TPSA) is 49.4 Å². The van der Waals surface area contributed by atoms with Gasteiger partial charge in [-0.05, 0) is 23.6 Å². The fraction of sp³-hybridized carbons (Fsp3) is 0.333. The van der Waals surface area contributed by atoms with Crippen LogP contribution in [-0.4, -0.2) is 23.6 Å². The van der Waals surface area contributed by atoms with Crippen LogP contribution in [0.1, 0.15) is 24.6 Å². The van der Waals surface area contributed by atoms with Crippen LogP contribution in [0.5, 0.6) is 0 Å². The molecule has 0 radical (unpaired) electrons. The maximum Gasteiger partial charge on any atom is 0.227 e. The highest BCUT2D eigenvalue weighted by molar-refractivity contribution is 8.00. The van der Waals surface area contributed by atoms with Gasteiger partial charge < -0.3 is 10.2 Å². The third kappa shape index (κ3) is 4.19. The lowest BCUT2D eigenvalue weighted by Crippen LogP contribution is -2.39. The summed E-state index contributed by atoms with van der Waals surface area (Å²) < 4.78 is 0. The van der Waals surface area contributed by atoms with Crippen molar-refractivity contribution in [2.75, 3.05) is 11.4 Å². The molecule has 6 heteroatoms. The van der Waals surface area contributed by atoms with E-state index in [1.165, 1.54) is 0 Å². The number of carbonyl (C=O) groups excluding carboxylic acids is 2. The molecule has 0 aliphatic carbocycles. The fourth-order valence-corrected chi connectivity index (χ4v) is 4.43. The van der Waals surface area contributed by atoms with Gasteiger partial charge in [-0.25, -0.2) is 0 Å². The van der Waals surface area contributed by atoms with E-state index in [1.54, 1.807) is 23.1 Å². The van der Waals surface area contributed by atoms with Crippen LogP contribution in [-0.2, 0) is 16.1 Å². The van der Waals surface area contributed by atoms with Crippen LogP contribution in [0.4, 0.5) is 5.69 Å². The van der Waals surface area contributed by atoms with Crippen molar-refractivity contribution >= 4 is 40.6 Å². The predicted octanol–water partition coefficient (Wildman–Crippen LogP) is 3.67. The molecule has 1 atom stereocenters. The van der Waals surface area contributed by atoms with Crippen molar-refractivity contribution in [3.05, 3.63) is 46.7 Å². The number of hydrogen-bond donors (Lipinski definition) is 1. The second-order valence-electron chi connectivity index (χ2n) is 5.76. The number of rotatable bonds is 5. The quantitative estimate of drug-likeness (QED) is 0.885. The molecule has 0 saturated carbocycles. The molecule has 1 aromatic carbocycles. The fourth-order valence-electron chi connectivity index (χ4n) is 2.67. The molecular formula is C18H20N2O2S2. The summed E-state index contributed by atoms with van der Waals surface area (Å²) in [4.78, 5) is 28.6. The molecule has 1 aliphatic heterocycles. The number of benzene rings is 1. The summed E-state index contributed by atoms with van der Waals surface area (Å²) in [5, 5.41) is 5.21. The molecule has 2 heterocycles. The van der Waals surface area contributed by atoms with E-state index in [0.29, 0.717) is 18.3 Å². The number of thioether (sulfide) groups is 1. The van der Waals surface area contributed by atoms with Crippen molar-refractivity contribution in [1.82, 2.24) is 5.32 Å². The van der Waals surface area contributed by atoms with Gasteiger partial charge in [-0.1, -0.05) is 25.1 Å². The highest BCUT2D eigenvalue weighted by Crippen LogP contribution is 2.38. The van der Waals surface area contributed by atoms with E-state index < -0.39 is 0 Å². The molecule has 1 N–H and O–H groups in total. The number of fused-ring (bicyclic) bond motifs is 1. The van der Waals surface area contributed by atoms with Gasteiger partial charge in [0.15, 0.2) is 0 Å². The maximum atomic E-state index is 12.6. The van der Waals surface area contributed by atoms with E-state index in [1.807, 2.05) is 46.7 Å². The summed E-state index contributed by atoms with van der Waals surface area (Å²) in [5.41, 5.74) is 0.963. The highest BCUT2D eigenvalue weighted by Gasteiger charge is 2.26. The average Bonchev–Trinajstić information content (AvgIpc) is 3.10.